The predicted molar refractivity (Wildman–Crippen MR) is 75.9 cm³/mol. The van der Waals surface area contributed by atoms with E-state index < -0.39 is 11.9 Å². The second-order valence-corrected chi connectivity index (χ2v) is 4.89. The van der Waals surface area contributed by atoms with Gasteiger partial charge in [0.05, 0.1) is 0 Å². The topological polar surface area (TPSA) is 72.2 Å². The summed E-state index contributed by atoms with van der Waals surface area (Å²) in [6, 6.07) is 5.71. The van der Waals surface area contributed by atoms with E-state index in [0.29, 0.717) is 17.0 Å². The minimum atomic E-state index is -0.710. The van der Waals surface area contributed by atoms with Crippen molar-refractivity contribution in [3.63, 3.8) is 0 Å². The van der Waals surface area contributed by atoms with Gasteiger partial charge in [-0.05, 0) is 44.5 Å². The molecule has 0 saturated carbocycles. The van der Waals surface area contributed by atoms with Crippen molar-refractivity contribution in [1.29, 1.82) is 0 Å². The zero-order valence-electron chi connectivity index (χ0n) is 10.9. The van der Waals surface area contributed by atoms with E-state index in [1.165, 1.54) is 0 Å². The molecule has 0 unspecified atom stereocenters. The highest BCUT2D eigenvalue weighted by Gasteiger charge is 2.17. The SMILES string of the molecule is CC(C)=CC[C@@H](NC(=O)c1ccc(Cl)cc1)C(N)=O. The maximum Gasteiger partial charge on any atom is 0.251 e. The van der Waals surface area contributed by atoms with Crippen LogP contribution in [0, 0.1) is 0 Å². The summed E-state index contributed by atoms with van der Waals surface area (Å²) in [5.41, 5.74) is 6.77. The predicted octanol–water partition coefficient (Wildman–Crippen LogP) is 2.28. The number of nitrogens with one attached hydrogen (secondary N) is 1. The van der Waals surface area contributed by atoms with Crippen LogP contribution < -0.4 is 11.1 Å². The van der Waals surface area contributed by atoms with Crippen molar-refractivity contribution in [3.8, 4) is 0 Å². The summed E-state index contributed by atoms with van der Waals surface area (Å²) in [7, 11) is 0. The Morgan fingerprint density at radius 1 is 1.32 bits per heavy atom. The second-order valence-electron chi connectivity index (χ2n) is 4.45. The summed E-state index contributed by atoms with van der Waals surface area (Å²) in [5.74, 6) is -0.901. The van der Waals surface area contributed by atoms with Crippen molar-refractivity contribution in [1.82, 2.24) is 5.32 Å². The highest BCUT2D eigenvalue weighted by molar-refractivity contribution is 6.30. The summed E-state index contributed by atoms with van der Waals surface area (Å²) in [5, 5.41) is 3.16. The number of hydrogen-bond donors (Lipinski definition) is 2. The van der Waals surface area contributed by atoms with Crippen molar-refractivity contribution in [2.45, 2.75) is 26.3 Å². The average molecular weight is 281 g/mol. The fraction of sp³-hybridized carbons (Fsp3) is 0.286. The number of halogens is 1. The largest absolute Gasteiger partial charge is 0.368 e. The molecule has 0 fully saturated rings. The maximum absolute atomic E-state index is 11.9. The summed E-state index contributed by atoms with van der Waals surface area (Å²) in [4.78, 5) is 23.2. The second kappa shape index (κ2) is 6.95. The molecule has 0 spiro atoms. The van der Waals surface area contributed by atoms with Crippen LogP contribution in [0.15, 0.2) is 35.9 Å². The first-order valence-corrected chi connectivity index (χ1v) is 6.27. The molecule has 0 saturated heterocycles. The Kier molecular flexibility index (Phi) is 5.57. The standard InChI is InChI=1S/C14H17ClN2O2/c1-9(2)3-8-12(13(16)18)17-14(19)10-4-6-11(15)7-5-10/h3-7,12H,8H2,1-2H3,(H2,16,18)(H,17,19)/t12-/m1/s1. The number of allylic oxidation sites excluding steroid dienone is 1. The zero-order valence-corrected chi connectivity index (χ0v) is 11.7. The van der Waals surface area contributed by atoms with Gasteiger partial charge in [-0.3, -0.25) is 9.59 Å². The van der Waals surface area contributed by atoms with Crippen LogP contribution in [0.5, 0.6) is 0 Å². The maximum atomic E-state index is 11.9. The van der Waals surface area contributed by atoms with Crippen LogP contribution in [-0.4, -0.2) is 17.9 Å². The number of hydrogen-bond acceptors (Lipinski definition) is 2. The van der Waals surface area contributed by atoms with Crippen LogP contribution in [0.2, 0.25) is 5.02 Å². The molecule has 0 aliphatic carbocycles. The van der Waals surface area contributed by atoms with E-state index in [9.17, 15) is 9.59 Å². The van der Waals surface area contributed by atoms with Crippen molar-refractivity contribution < 1.29 is 9.59 Å². The Hall–Kier alpha value is -1.81. The molecule has 0 aromatic heterocycles. The number of benzene rings is 1. The van der Waals surface area contributed by atoms with E-state index in [2.05, 4.69) is 5.32 Å². The van der Waals surface area contributed by atoms with E-state index >= 15 is 0 Å². The molecule has 0 aliphatic heterocycles. The number of amides is 2. The lowest BCUT2D eigenvalue weighted by Gasteiger charge is -2.14. The Morgan fingerprint density at radius 3 is 2.37 bits per heavy atom. The fourth-order valence-corrected chi connectivity index (χ4v) is 1.57. The normalized spacial score (nSPS) is 11.5. The molecule has 19 heavy (non-hydrogen) atoms. The van der Waals surface area contributed by atoms with Gasteiger partial charge in [-0.2, -0.15) is 0 Å². The number of nitrogens with two attached hydrogens (primary N) is 1. The molecule has 0 radical (unpaired) electrons. The quantitative estimate of drug-likeness (QED) is 0.812. The van der Waals surface area contributed by atoms with Gasteiger partial charge < -0.3 is 11.1 Å². The van der Waals surface area contributed by atoms with Gasteiger partial charge in [-0.1, -0.05) is 23.3 Å². The molecule has 2 amide bonds. The summed E-state index contributed by atoms with van der Waals surface area (Å²) < 4.78 is 0. The molecular weight excluding hydrogens is 264 g/mol. The lowest BCUT2D eigenvalue weighted by atomic mass is 10.1. The number of rotatable bonds is 5. The molecule has 5 heteroatoms. The fourth-order valence-electron chi connectivity index (χ4n) is 1.44. The summed E-state index contributed by atoms with van der Waals surface area (Å²) >= 11 is 5.74. The highest BCUT2D eigenvalue weighted by Crippen LogP contribution is 2.10. The molecule has 1 rings (SSSR count). The molecule has 4 nitrogen and oxygen atoms in total. The van der Waals surface area contributed by atoms with Crippen LogP contribution in [0.3, 0.4) is 0 Å². The third-order valence-corrected chi connectivity index (χ3v) is 2.77. The molecule has 0 heterocycles. The number of carbonyl (C=O) groups excluding carboxylic acids is 2. The lowest BCUT2D eigenvalue weighted by molar-refractivity contribution is -0.119. The molecule has 3 N–H and O–H groups in total. The molecule has 1 aromatic carbocycles. The van der Waals surface area contributed by atoms with Crippen LogP contribution in [0.4, 0.5) is 0 Å². The van der Waals surface area contributed by atoms with Gasteiger partial charge in [-0.15, -0.1) is 0 Å². The highest BCUT2D eigenvalue weighted by atomic mass is 35.5. The Bertz CT molecular complexity index is 491. The Labute approximate surface area is 117 Å². The minimum Gasteiger partial charge on any atom is -0.368 e. The number of primary amides is 1. The zero-order chi connectivity index (χ0) is 14.4. The van der Waals surface area contributed by atoms with E-state index in [4.69, 9.17) is 17.3 Å². The Morgan fingerprint density at radius 2 is 1.89 bits per heavy atom. The van der Waals surface area contributed by atoms with Gasteiger partial charge in [0.2, 0.25) is 5.91 Å². The van der Waals surface area contributed by atoms with Gasteiger partial charge >= 0.3 is 0 Å². The molecule has 102 valence electrons. The van der Waals surface area contributed by atoms with E-state index in [1.54, 1.807) is 24.3 Å². The van der Waals surface area contributed by atoms with Crippen LogP contribution >= 0.6 is 11.6 Å². The summed E-state index contributed by atoms with van der Waals surface area (Å²) in [6.07, 6.45) is 2.24. The van der Waals surface area contributed by atoms with Crippen molar-refractivity contribution in [2.24, 2.45) is 5.73 Å². The van der Waals surface area contributed by atoms with Gasteiger partial charge in [0.15, 0.2) is 0 Å². The smallest absolute Gasteiger partial charge is 0.251 e. The van der Waals surface area contributed by atoms with Crippen LogP contribution in [0.1, 0.15) is 30.6 Å². The third kappa shape index (κ3) is 5.14. The minimum absolute atomic E-state index is 0.345. The van der Waals surface area contributed by atoms with Crippen molar-refractivity contribution in [3.05, 3.63) is 46.5 Å². The van der Waals surface area contributed by atoms with Crippen molar-refractivity contribution in [2.75, 3.05) is 0 Å². The lowest BCUT2D eigenvalue weighted by Crippen LogP contribution is -2.44. The number of carbonyl (C=O) groups is 2. The van der Waals surface area contributed by atoms with Crippen molar-refractivity contribution >= 4 is 23.4 Å². The monoisotopic (exact) mass is 280 g/mol. The first-order valence-electron chi connectivity index (χ1n) is 5.89. The van der Waals surface area contributed by atoms with E-state index in [0.717, 1.165) is 5.57 Å². The van der Waals surface area contributed by atoms with Gasteiger partial charge in [0.25, 0.3) is 5.91 Å². The average Bonchev–Trinajstić information content (AvgIpc) is 2.34. The molecule has 0 aliphatic rings. The van der Waals surface area contributed by atoms with Gasteiger partial charge in [0, 0.05) is 10.6 Å². The first-order chi connectivity index (χ1) is 8.90. The molecule has 0 bridgehead atoms. The Balaban J connectivity index is 2.74. The van der Waals surface area contributed by atoms with Crippen LogP contribution in [-0.2, 0) is 4.79 Å². The first kappa shape index (κ1) is 15.2. The van der Waals surface area contributed by atoms with Crippen LogP contribution in [0.25, 0.3) is 0 Å². The van der Waals surface area contributed by atoms with E-state index in [1.807, 2.05) is 19.9 Å². The third-order valence-electron chi connectivity index (χ3n) is 2.52. The molecular formula is C14H17ClN2O2. The van der Waals surface area contributed by atoms with Gasteiger partial charge in [-0.25, -0.2) is 0 Å². The molecule has 1 aromatic rings. The summed E-state index contributed by atoms with van der Waals surface area (Å²) in [6.45, 7) is 3.83. The van der Waals surface area contributed by atoms with E-state index in [-0.39, 0.29) is 5.91 Å². The molecule has 1 atom stereocenters. The van der Waals surface area contributed by atoms with Gasteiger partial charge in [0.1, 0.15) is 6.04 Å².